The molecule has 8 heteroatoms. The Kier molecular flexibility index (Phi) is 6.62. The number of hydrogen-bond donors (Lipinski definition) is 2. The molecule has 2 rings (SSSR count). The molecule has 2 N–H and O–H groups in total. The maximum absolute atomic E-state index is 11.9. The first-order valence-electron chi connectivity index (χ1n) is 7.60. The summed E-state index contributed by atoms with van der Waals surface area (Å²) < 4.78 is 5.71. The lowest BCUT2D eigenvalue weighted by molar-refractivity contribution is 0.0954. The topological polar surface area (TPSA) is 91.2 Å². The van der Waals surface area contributed by atoms with Gasteiger partial charge >= 0.3 is 0 Å². The Balaban J connectivity index is 1.70. The molecule has 0 aliphatic carbocycles. The van der Waals surface area contributed by atoms with Crippen LogP contribution in [0.25, 0.3) is 0 Å². The second kappa shape index (κ2) is 8.70. The zero-order chi connectivity index (χ0) is 17.5. The highest BCUT2D eigenvalue weighted by Gasteiger charge is 2.10. The Hall–Kier alpha value is -2.06. The molecule has 0 saturated carbocycles. The second-order valence-corrected chi connectivity index (χ2v) is 6.73. The van der Waals surface area contributed by atoms with E-state index in [0.717, 1.165) is 29.6 Å². The van der Waals surface area contributed by atoms with Gasteiger partial charge < -0.3 is 19.6 Å². The lowest BCUT2D eigenvalue weighted by atomic mass is 10.3. The highest BCUT2D eigenvalue weighted by atomic mass is 32.2. The van der Waals surface area contributed by atoms with Gasteiger partial charge in [0.1, 0.15) is 22.9 Å². The quantitative estimate of drug-likeness (QED) is 0.699. The molecule has 0 fully saturated rings. The van der Waals surface area contributed by atoms with Crippen LogP contribution in [-0.2, 0) is 12.3 Å². The average molecular weight is 350 g/mol. The summed E-state index contributed by atoms with van der Waals surface area (Å²) in [6.07, 6.45) is 1.30. The van der Waals surface area contributed by atoms with Gasteiger partial charge in [-0.1, -0.05) is 0 Å². The number of aromatic amines is 1. The summed E-state index contributed by atoms with van der Waals surface area (Å²) in [6.45, 7) is 2.92. The smallest absolute Gasteiger partial charge is 0.263 e. The maximum Gasteiger partial charge on any atom is 0.263 e. The van der Waals surface area contributed by atoms with Crippen molar-refractivity contribution >= 4 is 17.7 Å². The zero-order valence-electron chi connectivity index (χ0n) is 14.1. The van der Waals surface area contributed by atoms with Gasteiger partial charge in [-0.15, -0.1) is 0 Å². The lowest BCUT2D eigenvalue weighted by Crippen LogP contribution is -2.31. The number of H-pyrrole nitrogens is 1. The molecule has 2 heterocycles. The van der Waals surface area contributed by atoms with Crippen molar-refractivity contribution in [3.05, 3.63) is 51.6 Å². The number of carbonyl (C=O) groups is 1. The molecule has 130 valence electrons. The summed E-state index contributed by atoms with van der Waals surface area (Å²) in [7, 11) is 3.99. The standard InChI is InChI=1S/C16H22N4O3S/c1-11-18-8-14(16(22)19-11)15(21)17-6-7-24-10-13-5-4-12(23-13)9-20(2)3/h4-5,8H,6-7,9-10H2,1-3H3,(H,17,21)(H,18,19,22). The van der Waals surface area contributed by atoms with Crippen LogP contribution in [0.4, 0.5) is 0 Å². The van der Waals surface area contributed by atoms with Crippen LogP contribution >= 0.6 is 11.8 Å². The largest absolute Gasteiger partial charge is 0.464 e. The molecule has 2 aromatic heterocycles. The molecule has 24 heavy (non-hydrogen) atoms. The van der Waals surface area contributed by atoms with E-state index < -0.39 is 11.5 Å². The van der Waals surface area contributed by atoms with E-state index in [1.165, 1.54) is 6.20 Å². The Bertz CT molecular complexity index is 739. The van der Waals surface area contributed by atoms with Gasteiger partial charge in [0.15, 0.2) is 0 Å². The van der Waals surface area contributed by atoms with Crippen LogP contribution in [0.15, 0.2) is 27.5 Å². The van der Waals surface area contributed by atoms with Gasteiger partial charge in [-0.05, 0) is 33.2 Å². The number of thioether (sulfide) groups is 1. The molecular formula is C16H22N4O3S. The van der Waals surface area contributed by atoms with Crippen LogP contribution in [0.2, 0.25) is 0 Å². The van der Waals surface area contributed by atoms with E-state index in [2.05, 4.69) is 15.3 Å². The summed E-state index contributed by atoms with van der Waals surface area (Å²) in [4.78, 5) is 32.1. The minimum Gasteiger partial charge on any atom is -0.464 e. The zero-order valence-corrected chi connectivity index (χ0v) is 14.9. The van der Waals surface area contributed by atoms with Crippen molar-refractivity contribution in [3.63, 3.8) is 0 Å². The Morgan fingerprint density at radius 1 is 1.38 bits per heavy atom. The fraction of sp³-hybridized carbons (Fsp3) is 0.438. The maximum atomic E-state index is 11.9. The SMILES string of the molecule is Cc1ncc(C(=O)NCCSCc2ccc(CN(C)C)o2)c(=O)[nH]1. The molecule has 2 aromatic rings. The third-order valence-electron chi connectivity index (χ3n) is 3.14. The van der Waals surface area contributed by atoms with E-state index in [-0.39, 0.29) is 5.56 Å². The Morgan fingerprint density at radius 2 is 2.12 bits per heavy atom. The van der Waals surface area contributed by atoms with Crippen LogP contribution in [0.3, 0.4) is 0 Å². The van der Waals surface area contributed by atoms with E-state index in [1.54, 1.807) is 18.7 Å². The third kappa shape index (κ3) is 5.54. The van der Waals surface area contributed by atoms with E-state index in [1.807, 2.05) is 31.1 Å². The van der Waals surface area contributed by atoms with Crippen LogP contribution in [0.5, 0.6) is 0 Å². The Morgan fingerprint density at radius 3 is 2.83 bits per heavy atom. The molecule has 0 aromatic carbocycles. The van der Waals surface area contributed by atoms with Gasteiger partial charge in [0.05, 0.1) is 12.3 Å². The number of rotatable bonds is 8. The molecule has 0 aliphatic heterocycles. The minimum atomic E-state index is -0.420. The fourth-order valence-electron chi connectivity index (χ4n) is 2.05. The van der Waals surface area contributed by atoms with Crippen LogP contribution in [0.1, 0.15) is 27.7 Å². The summed E-state index contributed by atoms with van der Waals surface area (Å²) >= 11 is 1.66. The first-order chi connectivity index (χ1) is 11.5. The molecule has 0 aliphatic rings. The molecular weight excluding hydrogens is 328 g/mol. The number of aryl methyl sites for hydroxylation is 1. The predicted octanol–water partition coefficient (Wildman–Crippen LogP) is 1.40. The molecule has 0 spiro atoms. The van der Waals surface area contributed by atoms with Gasteiger partial charge in [0.2, 0.25) is 0 Å². The van der Waals surface area contributed by atoms with Crippen molar-refractivity contribution in [3.8, 4) is 0 Å². The van der Waals surface area contributed by atoms with E-state index in [9.17, 15) is 9.59 Å². The van der Waals surface area contributed by atoms with E-state index in [4.69, 9.17) is 4.42 Å². The fourth-order valence-corrected chi connectivity index (χ4v) is 2.79. The number of hydrogen-bond acceptors (Lipinski definition) is 6. The van der Waals surface area contributed by atoms with Crippen molar-refractivity contribution < 1.29 is 9.21 Å². The monoisotopic (exact) mass is 350 g/mol. The highest BCUT2D eigenvalue weighted by molar-refractivity contribution is 7.98. The lowest BCUT2D eigenvalue weighted by Gasteiger charge is -2.06. The number of furan rings is 1. The average Bonchev–Trinajstić information content (AvgIpc) is 2.93. The number of nitrogens with one attached hydrogen (secondary N) is 2. The number of carbonyl (C=O) groups excluding carboxylic acids is 1. The highest BCUT2D eigenvalue weighted by Crippen LogP contribution is 2.15. The van der Waals surface area contributed by atoms with Gasteiger partial charge in [-0.2, -0.15) is 11.8 Å². The molecule has 0 radical (unpaired) electrons. The van der Waals surface area contributed by atoms with Crippen LogP contribution in [-0.4, -0.2) is 47.2 Å². The van der Waals surface area contributed by atoms with Crippen LogP contribution < -0.4 is 10.9 Å². The predicted molar refractivity (Wildman–Crippen MR) is 94.2 cm³/mol. The summed E-state index contributed by atoms with van der Waals surface area (Å²) in [5.74, 6) is 3.41. The summed E-state index contributed by atoms with van der Waals surface area (Å²) in [5.41, 5.74) is -0.387. The summed E-state index contributed by atoms with van der Waals surface area (Å²) in [6, 6.07) is 3.95. The van der Waals surface area contributed by atoms with Crippen molar-refractivity contribution in [1.29, 1.82) is 0 Å². The van der Waals surface area contributed by atoms with Gasteiger partial charge in [0.25, 0.3) is 11.5 Å². The van der Waals surface area contributed by atoms with Crippen molar-refractivity contribution in [2.75, 3.05) is 26.4 Å². The van der Waals surface area contributed by atoms with Gasteiger partial charge in [-0.3, -0.25) is 9.59 Å². The number of aromatic nitrogens is 2. The van der Waals surface area contributed by atoms with Crippen molar-refractivity contribution in [1.82, 2.24) is 20.2 Å². The van der Waals surface area contributed by atoms with Gasteiger partial charge in [0, 0.05) is 18.5 Å². The molecule has 1 amide bonds. The van der Waals surface area contributed by atoms with Crippen molar-refractivity contribution in [2.24, 2.45) is 0 Å². The third-order valence-corrected chi connectivity index (χ3v) is 4.12. The van der Waals surface area contributed by atoms with Crippen molar-refractivity contribution in [2.45, 2.75) is 19.2 Å². The van der Waals surface area contributed by atoms with E-state index >= 15 is 0 Å². The normalized spacial score (nSPS) is 11.0. The summed E-state index contributed by atoms with van der Waals surface area (Å²) in [5, 5.41) is 2.72. The van der Waals surface area contributed by atoms with Crippen LogP contribution in [0, 0.1) is 6.92 Å². The minimum absolute atomic E-state index is 0.0324. The molecule has 0 unspecified atom stereocenters. The van der Waals surface area contributed by atoms with Gasteiger partial charge in [-0.25, -0.2) is 4.98 Å². The number of amides is 1. The first kappa shape index (κ1) is 18.3. The first-order valence-corrected chi connectivity index (χ1v) is 8.75. The second-order valence-electron chi connectivity index (χ2n) is 5.63. The molecule has 0 saturated heterocycles. The molecule has 0 bridgehead atoms. The number of nitrogens with zero attached hydrogens (tertiary/aromatic N) is 2. The molecule has 7 nitrogen and oxygen atoms in total. The Labute approximate surface area is 144 Å². The molecule has 0 atom stereocenters. The van der Waals surface area contributed by atoms with E-state index in [0.29, 0.717) is 12.4 Å².